The largest absolute Gasteiger partial charge is 0.468 e. The summed E-state index contributed by atoms with van der Waals surface area (Å²) in [7, 11) is 1.43. The van der Waals surface area contributed by atoms with Gasteiger partial charge in [0.2, 0.25) is 0 Å². The van der Waals surface area contributed by atoms with Crippen LogP contribution in [0, 0.1) is 5.92 Å². The van der Waals surface area contributed by atoms with Crippen LogP contribution in [-0.4, -0.2) is 47.2 Å². The summed E-state index contributed by atoms with van der Waals surface area (Å²) in [5.41, 5.74) is 0. The second-order valence-corrected chi connectivity index (χ2v) is 4.65. The summed E-state index contributed by atoms with van der Waals surface area (Å²) in [5.74, 6) is 0.446. The molecule has 0 saturated carbocycles. The molecule has 2 heterocycles. The first-order chi connectivity index (χ1) is 8.20. The first-order valence-electron chi connectivity index (χ1n) is 5.97. The molecule has 94 valence electrons. The second-order valence-electron chi connectivity index (χ2n) is 4.65. The SMILES string of the molecule is COC(=O)CN1CC[C@@H](C)[C@H](n2ccnc2)C1. The maximum absolute atomic E-state index is 11.3. The van der Waals surface area contributed by atoms with Crippen molar-refractivity contribution >= 4 is 5.97 Å². The Morgan fingerprint density at radius 3 is 3.06 bits per heavy atom. The molecule has 17 heavy (non-hydrogen) atoms. The van der Waals surface area contributed by atoms with Gasteiger partial charge < -0.3 is 9.30 Å². The highest BCUT2D eigenvalue weighted by molar-refractivity contribution is 5.71. The minimum Gasteiger partial charge on any atom is -0.468 e. The van der Waals surface area contributed by atoms with Crippen LogP contribution in [0.5, 0.6) is 0 Å². The molecule has 5 heteroatoms. The lowest BCUT2D eigenvalue weighted by Gasteiger charge is -2.37. The van der Waals surface area contributed by atoms with Gasteiger partial charge in [-0.1, -0.05) is 6.92 Å². The van der Waals surface area contributed by atoms with E-state index in [0.29, 0.717) is 18.5 Å². The van der Waals surface area contributed by atoms with E-state index < -0.39 is 0 Å². The van der Waals surface area contributed by atoms with Gasteiger partial charge in [-0.3, -0.25) is 9.69 Å². The molecular weight excluding hydrogens is 218 g/mol. The highest BCUT2D eigenvalue weighted by Gasteiger charge is 2.28. The minimum absolute atomic E-state index is 0.163. The van der Waals surface area contributed by atoms with E-state index in [4.69, 9.17) is 4.74 Å². The van der Waals surface area contributed by atoms with Gasteiger partial charge in [0.15, 0.2) is 0 Å². The Labute approximate surface area is 101 Å². The normalized spacial score (nSPS) is 25.8. The third-order valence-electron chi connectivity index (χ3n) is 3.49. The molecule has 5 nitrogen and oxygen atoms in total. The van der Waals surface area contributed by atoms with Crippen LogP contribution in [0.25, 0.3) is 0 Å². The maximum atomic E-state index is 11.3. The van der Waals surface area contributed by atoms with E-state index in [1.54, 1.807) is 6.20 Å². The molecule has 1 aromatic rings. The van der Waals surface area contributed by atoms with E-state index in [-0.39, 0.29) is 5.97 Å². The number of ether oxygens (including phenoxy) is 1. The lowest BCUT2D eigenvalue weighted by Crippen LogP contribution is -2.43. The average molecular weight is 237 g/mol. The van der Waals surface area contributed by atoms with Crippen molar-refractivity contribution in [2.24, 2.45) is 5.92 Å². The molecule has 0 bridgehead atoms. The quantitative estimate of drug-likeness (QED) is 0.734. The first-order valence-corrected chi connectivity index (χ1v) is 5.97. The standard InChI is InChI=1S/C12H19N3O2/c1-10-3-5-14(8-12(16)17-2)7-11(10)15-6-4-13-9-15/h4,6,9-11H,3,5,7-8H2,1-2H3/t10-,11-/m1/s1. The monoisotopic (exact) mass is 237 g/mol. The van der Waals surface area contributed by atoms with Crippen molar-refractivity contribution in [1.82, 2.24) is 14.5 Å². The van der Waals surface area contributed by atoms with E-state index in [0.717, 1.165) is 19.5 Å². The number of methoxy groups -OCH3 is 1. The van der Waals surface area contributed by atoms with Crippen molar-refractivity contribution in [3.63, 3.8) is 0 Å². The number of carbonyl (C=O) groups excluding carboxylic acids is 1. The predicted octanol–water partition coefficient (Wildman–Crippen LogP) is 0.939. The van der Waals surface area contributed by atoms with Crippen molar-refractivity contribution in [2.75, 3.05) is 26.7 Å². The molecule has 0 aliphatic carbocycles. The fourth-order valence-electron chi connectivity index (χ4n) is 2.36. The number of likely N-dealkylation sites (tertiary alicyclic amines) is 1. The molecule has 1 aliphatic heterocycles. The van der Waals surface area contributed by atoms with E-state index in [9.17, 15) is 4.79 Å². The van der Waals surface area contributed by atoms with Gasteiger partial charge in [-0.15, -0.1) is 0 Å². The third-order valence-corrected chi connectivity index (χ3v) is 3.49. The van der Waals surface area contributed by atoms with Crippen LogP contribution >= 0.6 is 0 Å². The molecule has 0 amide bonds. The van der Waals surface area contributed by atoms with Crippen LogP contribution < -0.4 is 0 Å². The van der Waals surface area contributed by atoms with E-state index >= 15 is 0 Å². The van der Waals surface area contributed by atoms with Crippen LogP contribution in [0.4, 0.5) is 0 Å². The maximum Gasteiger partial charge on any atom is 0.319 e. The zero-order valence-electron chi connectivity index (χ0n) is 10.4. The average Bonchev–Trinajstić information content (AvgIpc) is 2.85. The summed E-state index contributed by atoms with van der Waals surface area (Å²) < 4.78 is 6.84. The second kappa shape index (κ2) is 5.31. The van der Waals surface area contributed by atoms with Crippen LogP contribution in [0.1, 0.15) is 19.4 Å². The van der Waals surface area contributed by atoms with Crippen LogP contribution in [0.2, 0.25) is 0 Å². The number of piperidine rings is 1. The summed E-state index contributed by atoms with van der Waals surface area (Å²) in [6.45, 7) is 4.47. The number of hydrogen-bond donors (Lipinski definition) is 0. The van der Waals surface area contributed by atoms with Gasteiger partial charge in [0, 0.05) is 25.0 Å². The van der Waals surface area contributed by atoms with Gasteiger partial charge in [-0.25, -0.2) is 4.98 Å². The highest BCUT2D eigenvalue weighted by atomic mass is 16.5. The number of rotatable bonds is 3. The van der Waals surface area contributed by atoms with Gasteiger partial charge in [0.1, 0.15) is 0 Å². The molecule has 1 saturated heterocycles. The molecule has 0 spiro atoms. The molecule has 0 radical (unpaired) electrons. The number of hydrogen-bond acceptors (Lipinski definition) is 4. The summed E-state index contributed by atoms with van der Waals surface area (Å²) in [5, 5.41) is 0. The van der Waals surface area contributed by atoms with E-state index in [2.05, 4.69) is 21.4 Å². The summed E-state index contributed by atoms with van der Waals surface area (Å²) >= 11 is 0. The predicted molar refractivity (Wildman–Crippen MR) is 63.5 cm³/mol. The molecule has 2 rings (SSSR count). The molecule has 2 atom stereocenters. The van der Waals surface area contributed by atoms with Crippen LogP contribution in [0.15, 0.2) is 18.7 Å². The summed E-state index contributed by atoms with van der Waals surface area (Å²) in [6.07, 6.45) is 6.73. The molecule has 0 unspecified atom stereocenters. The lowest BCUT2D eigenvalue weighted by molar-refractivity contribution is -0.142. The smallest absolute Gasteiger partial charge is 0.319 e. The Morgan fingerprint density at radius 1 is 1.59 bits per heavy atom. The van der Waals surface area contributed by atoms with Crippen molar-refractivity contribution < 1.29 is 9.53 Å². The van der Waals surface area contributed by atoms with Gasteiger partial charge in [-0.05, 0) is 18.9 Å². The van der Waals surface area contributed by atoms with Crippen molar-refractivity contribution in [3.8, 4) is 0 Å². The van der Waals surface area contributed by atoms with E-state index in [1.807, 2.05) is 12.5 Å². The first kappa shape index (κ1) is 12.1. The number of esters is 1. The topological polar surface area (TPSA) is 47.4 Å². The van der Waals surface area contributed by atoms with E-state index in [1.165, 1.54) is 7.11 Å². The Kier molecular flexibility index (Phi) is 3.78. The lowest BCUT2D eigenvalue weighted by atomic mass is 9.93. The van der Waals surface area contributed by atoms with Gasteiger partial charge >= 0.3 is 5.97 Å². The Bertz CT molecular complexity index is 364. The fourth-order valence-corrected chi connectivity index (χ4v) is 2.36. The molecule has 1 aliphatic rings. The van der Waals surface area contributed by atoms with Crippen LogP contribution in [0.3, 0.4) is 0 Å². The summed E-state index contributed by atoms with van der Waals surface area (Å²) in [4.78, 5) is 17.5. The zero-order valence-corrected chi connectivity index (χ0v) is 10.4. The molecular formula is C12H19N3O2. The minimum atomic E-state index is -0.163. The highest BCUT2D eigenvalue weighted by Crippen LogP contribution is 2.27. The zero-order chi connectivity index (χ0) is 12.3. The molecule has 0 N–H and O–H groups in total. The van der Waals surface area contributed by atoms with Gasteiger partial charge in [0.05, 0.1) is 20.0 Å². The van der Waals surface area contributed by atoms with Crippen molar-refractivity contribution in [1.29, 1.82) is 0 Å². The third kappa shape index (κ3) is 2.85. The van der Waals surface area contributed by atoms with Gasteiger partial charge in [0.25, 0.3) is 0 Å². The van der Waals surface area contributed by atoms with Crippen molar-refractivity contribution in [3.05, 3.63) is 18.7 Å². The number of imidazole rings is 1. The fraction of sp³-hybridized carbons (Fsp3) is 0.667. The molecule has 0 aromatic carbocycles. The summed E-state index contributed by atoms with van der Waals surface area (Å²) in [6, 6.07) is 0.399. The Morgan fingerprint density at radius 2 is 2.41 bits per heavy atom. The van der Waals surface area contributed by atoms with Gasteiger partial charge in [-0.2, -0.15) is 0 Å². The van der Waals surface area contributed by atoms with Crippen LogP contribution in [-0.2, 0) is 9.53 Å². The number of carbonyl (C=O) groups is 1. The Balaban J connectivity index is 1.99. The van der Waals surface area contributed by atoms with Crippen molar-refractivity contribution in [2.45, 2.75) is 19.4 Å². The Hall–Kier alpha value is -1.36. The molecule has 1 aromatic heterocycles. The molecule has 1 fully saturated rings. The number of nitrogens with zero attached hydrogens (tertiary/aromatic N) is 3. The number of aromatic nitrogens is 2.